The maximum absolute atomic E-state index is 5.66. The van der Waals surface area contributed by atoms with Crippen LogP contribution in [0.3, 0.4) is 0 Å². The van der Waals surface area contributed by atoms with Gasteiger partial charge in [0.1, 0.15) is 0 Å². The zero-order valence-electron chi connectivity index (χ0n) is 9.81. The van der Waals surface area contributed by atoms with Crippen LogP contribution >= 0.6 is 34.4 Å². The number of aromatic nitrogens is 4. The van der Waals surface area contributed by atoms with E-state index in [1.165, 1.54) is 23.1 Å². The first-order chi connectivity index (χ1) is 9.22. The highest BCUT2D eigenvalue weighted by Crippen LogP contribution is 2.37. The van der Waals surface area contributed by atoms with Crippen molar-refractivity contribution in [3.63, 3.8) is 0 Å². The van der Waals surface area contributed by atoms with Crippen molar-refractivity contribution in [1.82, 2.24) is 20.4 Å². The molecule has 9 heteroatoms. The fraction of sp³-hybridized carbons (Fsp3) is 0.200. The fourth-order valence-corrected chi connectivity index (χ4v) is 3.82. The van der Waals surface area contributed by atoms with E-state index in [0.717, 1.165) is 9.22 Å². The molecule has 0 aliphatic heterocycles. The zero-order valence-corrected chi connectivity index (χ0v) is 12.3. The first kappa shape index (κ1) is 12.6. The van der Waals surface area contributed by atoms with Gasteiger partial charge in [0.25, 0.3) is 5.89 Å². The van der Waals surface area contributed by atoms with Crippen molar-refractivity contribution < 1.29 is 4.42 Å². The SMILES string of the molecule is C[C@@H](Sc1nnc(N)s1)c1nnc(-c2cccs2)o1. The number of thioether (sulfide) groups is 1. The van der Waals surface area contributed by atoms with E-state index in [9.17, 15) is 0 Å². The third-order valence-electron chi connectivity index (χ3n) is 2.22. The van der Waals surface area contributed by atoms with Crippen LogP contribution in [0, 0.1) is 0 Å². The van der Waals surface area contributed by atoms with Gasteiger partial charge in [-0.25, -0.2) is 0 Å². The number of thiophene rings is 1. The van der Waals surface area contributed by atoms with Gasteiger partial charge in [-0.15, -0.1) is 31.7 Å². The summed E-state index contributed by atoms with van der Waals surface area (Å²) in [6.07, 6.45) is 0. The Bertz CT molecular complexity index is 662. The molecule has 0 saturated carbocycles. The Morgan fingerprint density at radius 3 is 2.89 bits per heavy atom. The number of hydrogen-bond donors (Lipinski definition) is 1. The van der Waals surface area contributed by atoms with Gasteiger partial charge >= 0.3 is 0 Å². The van der Waals surface area contributed by atoms with Gasteiger partial charge in [-0.3, -0.25) is 0 Å². The molecule has 0 aliphatic rings. The van der Waals surface area contributed by atoms with Gasteiger partial charge in [-0.1, -0.05) is 29.2 Å². The van der Waals surface area contributed by atoms with Crippen LogP contribution in [0.4, 0.5) is 5.13 Å². The minimum absolute atomic E-state index is 0.00793. The van der Waals surface area contributed by atoms with Crippen molar-refractivity contribution in [1.29, 1.82) is 0 Å². The Morgan fingerprint density at radius 2 is 2.21 bits per heavy atom. The highest BCUT2D eigenvalue weighted by molar-refractivity contribution is 8.01. The van der Waals surface area contributed by atoms with E-state index >= 15 is 0 Å². The van der Waals surface area contributed by atoms with Gasteiger partial charge < -0.3 is 10.2 Å². The number of nitrogens with two attached hydrogens (primary N) is 1. The summed E-state index contributed by atoms with van der Waals surface area (Å²) in [5, 5.41) is 18.3. The second-order valence-corrected chi connectivity index (χ2v) is 7.13. The lowest BCUT2D eigenvalue weighted by Gasteiger charge is -2.01. The quantitative estimate of drug-likeness (QED) is 0.740. The molecule has 0 unspecified atom stereocenters. The Morgan fingerprint density at radius 1 is 1.32 bits per heavy atom. The third kappa shape index (κ3) is 2.77. The largest absolute Gasteiger partial charge is 0.419 e. The van der Waals surface area contributed by atoms with Gasteiger partial charge in [0.05, 0.1) is 10.1 Å². The van der Waals surface area contributed by atoms with Crippen LogP contribution in [0.2, 0.25) is 0 Å². The molecule has 0 fully saturated rings. The topological polar surface area (TPSA) is 90.7 Å². The Labute approximate surface area is 121 Å². The molecule has 98 valence electrons. The maximum Gasteiger partial charge on any atom is 0.257 e. The highest BCUT2D eigenvalue weighted by atomic mass is 32.2. The van der Waals surface area contributed by atoms with Gasteiger partial charge in [0, 0.05) is 0 Å². The average Bonchev–Trinajstić information content (AvgIpc) is 3.08. The fourth-order valence-electron chi connectivity index (χ4n) is 1.37. The predicted molar refractivity (Wildman–Crippen MR) is 76.2 cm³/mol. The van der Waals surface area contributed by atoms with Crippen LogP contribution in [0.1, 0.15) is 18.1 Å². The lowest BCUT2D eigenvalue weighted by atomic mass is 10.5. The van der Waals surface area contributed by atoms with Gasteiger partial charge in [-0.2, -0.15) is 0 Å². The molecule has 0 bridgehead atoms. The number of rotatable bonds is 4. The first-order valence-electron chi connectivity index (χ1n) is 5.35. The van der Waals surface area contributed by atoms with E-state index in [0.29, 0.717) is 16.9 Å². The average molecular weight is 311 g/mol. The van der Waals surface area contributed by atoms with Crippen LogP contribution < -0.4 is 5.73 Å². The standard InChI is InChI=1S/C10H9N5OS3/c1-5(18-10-15-14-9(11)19-10)7-12-13-8(16-7)6-3-2-4-17-6/h2-5H,1H3,(H2,11,14)/t5-/m1/s1. The molecule has 3 heterocycles. The Hall–Kier alpha value is -1.45. The van der Waals surface area contributed by atoms with Crippen LogP contribution in [0.25, 0.3) is 10.8 Å². The lowest BCUT2D eigenvalue weighted by molar-refractivity contribution is 0.510. The van der Waals surface area contributed by atoms with Crippen LogP contribution in [0.5, 0.6) is 0 Å². The Kier molecular flexibility index (Phi) is 3.49. The molecular formula is C10H9N5OS3. The van der Waals surface area contributed by atoms with Gasteiger partial charge in [0.15, 0.2) is 4.34 Å². The Balaban J connectivity index is 1.75. The molecular weight excluding hydrogens is 302 g/mol. The molecule has 0 spiro atoms. The van der Waals surface area contributed by atoms with E-state index < -0.39 is 0 Å². The molecule has 6 nitrogen and oxygen atoms in total. The van der Waals surface area contributed by atoms with E-state index in [4.69, 9.17) is 10.2 Å². The molecule has 3 rings (SSSR count). The van der Waals surface area contributed by atoms with E-state index in [2.05, 4.69) is 20.4 Å². The molecule has 2 N–H and O–H groups in total. The minimum atomic E-state index is 0.00793. The van der Waals surface area contributed by atoms with E-state index in [1.807, 2.05) is 24.4 Å². The molecule has 3 aromatic heterocycles. The molecule has 0 saturated heterocycles. The van der Waals surface area contributed by atoms with Crippen molar-refractivity contribution in [2.24, 2.45) is 0 Å². The van der Waals surface area contributed by atoms with Crippen molar-refractivity contribution in [2.75, 3.05) is 5.73 Å². The highest BCUT2D eigenvalue weighted by Gasteiger charge is 2.18. The first-order valence-corrected chi connectivity index (χ1v) is 7.93. The summed E-state index contributed by atoms with van der Waals surface area (Å²) in [5.74, 6) is 1.12. The summed E-state index contributed by atoms with van der Waals surface area (Å²) in [4.78, 5) is 0.969. The van der Waals surface area contributed by atoms with Gasteiger partial charge in [-0.05, 0) is 18.4 Å². The normalized spacial score (nSPS) is 12.7. The number of anilines is 1. The third-order valence-corrected chi connectivity index (χ3v) is 5.00. The number of hydrogen-bond acceptors (Lipinski definition) is 9. The van der Waals surface area contributed by atoms with Crippen molar-refractivity contribution in [3.8, 4) is 10.8 Å². The monoisotopic (exact) mass is 311 g/mol. The summed E-state index contributed by atoms with van der Waals surface area (Å²) >= 11 is 4.41. The molecule has 0 aliphatic carbocycles. The summed E-state index contributed by atoms with van der Waals surface area (Å²) in [5.41, 5.74) is 5.54. The predicted octanol–water partition coefficient (Wildman–Crippen LogP) is 3.09. The maximum atomic E-state index is 5.66. The number of nitrogens with zero attached hydrogens (tertiary/aromatic N) is 4. The van der Waals surface area contributed by atoms with Crippen molar-refractivity contribution in [3.05, 3.63) is 23.4 Å². The second-order valence-electron chi connectivity index (χ2n) is 3.59. The summed E-state index contributed by atoms with van der Waals surface area (Å²) in [6, 6.07) is 3.90. The van der Waals surface area contributed by atoms with Crippen molar-refractivity contribution in [2.45, 2.75) is 16.5 Å². The summed E-state index contributed by atoms with van der Waals surface area (Å²) < 4.78 is 6.45. The number of nitrogen functional groups attached to an aromatic ring is 1. The van der Waals surface area contributed by atoms with Crippen LogP contribution in [0.15, 0.2) is 26.3 Å². The molecule has 0 amide bonds. The van der Waals surface area contributed by atoms with Crippen molar-refractivity contribution >= 4 is 39.6 Å². The summed E-state index contributed by atoms with van der Waals surface area (Å²) in [7, 11) is 0. The van der Waals surface area contributed by atoms with E-state index in [-0.39, 0.29) is 5.25 Å². The minimum Gasteiger partial charge on any atom is -0.419 e. The molecule has 1 atom stereocenters. The van der Waals surface area contributed by atoms with Gasteiger partial charge in [0.2, 0.25) is 11.0 Å². The van der Waals surface area contributed by atoms with E-state index in [1.54, 1.807) is 11.3 Å². The smallest absolute Gasteiger partial charge is 0.257 e. The molecule has 3 aromatic rings. The van der Waals surface area contributed by atoms with Crippen LogP contribution in [-0.4, -0.2) is 20.4 Å². The molecule has 0 aromatic carbocycles. The molecule has 19 heavy (non-hydrogen) atoms. The van der Waals surface area contributed by atoms with Crippen LogP contribution in [-0.2, 0) is 0 Å². The summed E-state index contributed by atoms with van der Waals surface area (Å²) in [6.45, 7) is 1.98. The zero-order chi connectivity index (χ0) is 13.2. The molecule has 0 radical (unpaired) electrons. The lowest BCUT2D eigenvalue weighted by Crippen LogP contribution is -1.88. The second kappa shape index (κ2) is 5.27.